The lowest BCUT2D eigenvalue weighted by molar-refractivity contribution is -0.214. The Hall–Kier alpha value is -2.18. The molecule has 0 saturated heterocycles. The van der Waals surface area contributed by atoms with Crippen LogP contribution in [0, 0.1) is 0 Å². The molecule has 1 saturated carbocycles. The first-order chi connectivity index (χ1) is 13.5. The second-order valence-electron chi connectivity index (χ2n) is 7.28. The average molecular weight is 388 g/mol. The van der Waals surface area contributed by atoms with Crippen molar-refractivity contribution in [1.82, 2.24) is 0 Å². The summed E-state index contributed by atoms with van der Waals surface area (Å²) >= 11 is 0. The van der Waals surface area contributed by atoms with Crippen LogP contribution < -0.4 is 0 Å². The van der Waals surface area contributed by atoms with Crippen LogP contribution in [0.1, 0.15) is 51.0 Å². The Bertz CT molecular complexity index is 686. The van der Waals surface area contributed by atoms with E-state index in [2.05, 4.69) is 24.3 Å². The molecule has 1 unspecified atom stereocenters. The molecule has 5 atom stereocenters. The van der Waals surface area contributed by atoms with Gasteiger partial charge in [0.05, 0.1) is 6.10 Å². The minimum absolute atomic E-state index is 0.00423. The normalized spacial score (nSPS) is 29.9. The molecule has 2 aliphatic rings. The average Bonchev–Trinajstić information content (AvgIpc) is 2.68. The maximum Gasteiger partial charge on any atom is 0.303 e. The van der Waals surface area contributed by atoms with Gasteiger partial charge in [-0.05, 0) is 30.6 Å². The molecule has 1 aromatic carbocycles. The molecule has 0 spiro atoms. The van der Waals surface area contributed by atoms with Crippen molar-refractivity contribution in [2.75, 3.05) is 6.61 Å². The Morgan fingerprint density at radius 2 is 1.79 bits per heavy atom. The summed E-state index contributed by atoms with van der Waals surface area (Å²) in [5.74, 6) is -0.499. The minimum Gasteiger partial charge on any atom is -0.463 e. The molecule has 152 valence electrons. The molecule has 0 aromatic heterocycles. The smallest absolute Gasteiger partial charge is 0.303 e. The summed E-state index contributed by atoms with van der Waals surface area (Å²) in [4.78, 5) is 22.5. The maximum atomic E-state index is 11.3. The number of rotatable bonds is 6. The van der Waals surface area contributed by atoms with Crippen molar-refractivity contribution < 1.29 is 28.5 Å². The number of hydrogen-bond donors (Lipinski definition) is 0. The number of benzene rings is 1. The van der Waals surface area contributed by atoms with Crippen LogP contribution in [0.4, 0.5) is 0 Å². The summed E-state index contributed by atoms with van der Waals surface area (Å²) in [5.41, 5.74) is 1.28. The fourth-order valence-electron chi connectivity index (χ4n) is 3.85. The Morgan fingerprint density at radius 3 is 2.50 bits per heavy atom. The lowest BCUT2D eigenvalue weighted by Gasteiger charge is -2.37. The van der Waals surface area contributed by atoms with E-state index in [0.717, 1.165) is 19.3 Å². The third kappa shape index (κ3) is 5.66. The molecule has 0 N–H and O–H groups in total. The third-order valence-corrected chi connectivity index (χ3v) is 5.13. The highest BCUT2D eigenvalue weighted by atomic mass is 16.7. The van der Waals surface area contributed by atoms with Crippen molar-refractivity contribution >= 4 is 11.9 Å². The molecule has 28 heavy (non-hydrogen) atoms. The summed E-state index contributed by atoms with van der Waals surface area (Å²) in [6.07, 6.45) is 6.16. The molecule has 1 aliphatic carbocycles. The van der Waals surface area contributed by atoms with Crippen LogP contribution in [-0.2, 0) is 28.5 Å². The monoisotopic (exact) mass is 388 g/mol. The zero-order valence-corrected chi connectivity index (χ0v) is 16.4. The number of carbonyl (C=O) groups excluding carboxylic acids is 2. The van der Waals surface area contributed by atoms with Gasteiger partial charge in [-0.25, -0.2) is 0 Å². The van der Waals surface area contributed by atoms with Gasteiger partial charge >= 0.3 is 11.9 Å². The largest absolute Gasteiger partial charge is 0.463 e. The van der Waals surface area contributed by atoms with Crippen LogP contribution >= 0.6 is 0 Å². The van der Waals surface area contributed by atoms with E-state index in [1.165, 1.54) is 25.8 Å². The first-order valence-corrected chi connectivity index (χ1v) is 9.87. The van der Waals surface area contributed by atoms with Gasteiger partial charge in [-0.15, -0.1) is 0 Å². The number of hydrogen-bond acceptors (Lipinski definition) is 6. The molecule has 1 aromatic rings. The fraction of sp³-hybridized carbons (Fsp3) is 0.545. The minimum atomic E-state index is -0.604. The Morgan fingerprint density at radius 1 is 1.04 bits per heavy atom. The van der Waals surface area contributed by atoms with E-state index in [9.17, 15) is 9.59 Å². The van der Waals surface area contributed by atoms with Crippen LogP contribution in [-0.4, -0.2) is 43.1 Å². The molecule has 0 radical (unpaired) electrons. The number of esters is 2. The molecule has 3 rings (SSSR count). The summed E-state index contributed by atoms with van der Waals surface area (Å²) in [6.45, 7) is 2.68. The standard InChI is InChI=1S/C22H28O6/c1-15(23)25-14-21-20(26-16(2)24)12-13-22(28-21)27-19-11-7-6-10-18(19)17-8-4-3-5-9-17/h3-5,8-9,12-13,18-22H,6-7,10-11,14H2,1-2H3/t18-,19?,20+,21-,22+/m1/s1. The lowest BCUT2D eigenvalue weighted by atomic mass is 9.81. The molecule has 6 heteroatoms. The van der Waals surface area contributed by atoms with E-state index in [0.29, 0.717) is 5.92 Å². The predicted molar refractivity (Wildman–Crippen MR) is 103 cm³/mol. The first-order valence-electron chi connectivity index (χ1n) is 9.87. The van der Waals surface area contributed by atoms with Crippen molar-refractivity contribution in [2.45, 2.75) is 70.1 Å². The Labute approximate surface area is 165 Å². The summed E-state index contributed by atoms with van der Waals surface area (Å²) in [7, 11) is 0. The number of ether oxygens (including phenoxy) is 4. The van der Waals surface area contributed by atoms with Gasteiger partial charge in [0.2, 0.25) is 0 Å². The van der Waals surface area contributed by atoms with Crippen molar-refractivity contribution in [3.8, 4) is 0 Å². The van der Waals surface area contributed by atoms with E-state index >= 15 is 0 Å². The highest BCUT2D eigenvalue weighted by Crippen LogP contribution is 2.36. The second-order valence-corrected chi connectivity index (χ2v) is 7.28. The van der Waals surface area contributed by atoms with Crippen LogP contribution in [0.3, 0.4) is 0 Å². The fourth-order valence-corrected chi connectivity index (χ4v) is 3.85. The van der Waals surface area contributed by atoms with Crippen molar-refractivity contribution in [2.24, 2.45) is 0 Å². The SMILES string of the molecule is CC(=O)OC[C@H]1O[C@H](OC2CCCC[C@@H]2c2ccccc2)C=C[C@@H]1OC(C)=O. The van der Waals surface area contributed by atoms with E-state index in [-0.39, 0.29) is 12.7 Å². The van der Waals surface area contributed by atoms with E-state index < -0.39 is 30.4 Å². The molecular weight excluding hydrogens is 360 g/mol. The topological polar surface area (TPSA) is 71.1 Å². The van der Waals surface area contributed by atoms with E-state index in [1.807, 2.05) is 6.07 Å². The maximum absolute atomic E-state index is 11.3. The number of carbonyl (C=O) groups is 2. The first kappa shape index (κ1) is 20.6. The molecule has 0 amide bonds. The summed E-state index contributed by atoms with van der Waals surface area (Å²) in [5, 5.41) is 0. The van der Waals surface area contributed by atoms with E-state index in [4.69, 9.17) is 18.9 Å². The summed E-state index contributed by atoms with van der Waals surface area (Å²) < 4.78 is 22.6. The molecule has 0 bridgehead atoms. The van der Waals surface area contributed by atoms with Gasteiger partial charge < -0.3 is 18.9 Å². The summed E-state index contributed by atoms with van der Waals surface area (Å²) in [6, 6.07) is 10.4. The Kier molecular flexibility index (Phi) is 7.23. The lowest BCUT2D eigenvalue weighted by Crippen LogP contribution is -2.43. The highest BCUT2D eigenvalue weighted by molar-refractivity contribution is 5.66. The molecule has 1 heterocycles. The van der Waals surface area contributed by atoms with Crippen LogP contribution in [0.25, 0.3) is 0 Å². The van der Waals surface area contributed by atoms with Gasteiger partial charge in [-0.2, -0.15) is 0 Å². The quantitative estimate of drug-likeness (QED) is 0.549. The molecular formula is C22H28O6. The second kappa shape index (κ2) is 9.85. The van der Waals surface area contributed by atoms with Crippen molar-refractivity contribution in [3.63, 3.8) is 0 Å². The molecule has 1 fully saturated rings. The molecule has 6 nitrogen and oxygen atoms in total. The van der Waals surface area contributed by atoms with Gasteiger partial charge in [0.15, 0.2) is 6.29 Å². The zero-order chi connectivity index (χ0) is 19.9. The van der Waals surface area contributed by atoms with Crippen LogP contribution in [0.2, 0.25) is 0 Å². The molecule has 1 aliphatic heterocycles. The van der Waals surface area contributed by atoms with Crippen molar-refractivity contribution in [3.05, 3.63) is 48.0 Å². The van der Waals surface area contributed by atoms with Gasteiger partial charge in [-0.1, -0.05) is 43.2 Å². The van der Waals surface area contributed by atoms with Gasteiger partial charge in [0.25, 0.3) is 0 Å². The van der Waals surface area contributed by atoms with Crippen LogP contribution in [0.15, 0.2) is 42.5 Å². The van der Waals surface area contributed by atoms with Gasteiger partial charge in [0.1, 0.15) is 18.8 Å². The third-order valence-electron chi connectivity index (χ3n) is 5.13. The van der Waals surface area contributed by atoms with Crippen LogP contribution in [0.5, 0.6) is 0 Å². The highest BCUT2D eigenvalue weighted by Gasteiger charge is 2.34. The van der Waals surface area contributed by atoms with E-state index in [1.54, 1.807) is 12.2 Å². The predicted octanol–water partition coefficient (Wildman–Crippen LogP) is 3.51. The Balaban J connectivity index is 1.68. The van der Waals surface area contributed by atoms with Gasteiger partial charge in [0, 0.05) is 19.8 Å². The van der Waals surface area contributed by atoms with Crippen molar-refractivity contribution in [1.29, 1.82) is 0 Å². The van der Waals surface area contributed by atoms with Gasteiger partial charge in [-0.3, -0.25) is 9.59 Å². The zero-order valence-electron chi connectivity index (χ0n) is 16.4.